The average molecular weight is 381 g/mol. The second-order valence-corrected chi connectivity index (χ2v) is 8.27. The first-order valence-electron chi connectivity index (χ1n) is 10.4. The van der Waals surface area contributed by atoms with Crippen LogP contribution in [-0.2, 0) is 24.2 Å². The highest BCUT2D eigenvalue weighted by molar-refractivity contribution is 5.74. The first-order valence-corrected chi connectivity index (χ1v) is 10.4. The molecule has 1 fully saturated rings. The van der Waals surface area contributed by atoms with Crippen LogP contribution in [0.2, 0.25) is 0 Å². The zero-order valence-electron chi connectivity index (χ0n) is 16.9. The molecule has 4 heteroatoms. The molecule has 0 saturated carbocycles. The summed E-state index contributed by atoms with van der Waals surface area (Å²) in [4.78, 5) is 15.9. The average Bonchev–Trinajstić information content (AvgIpc) is 3.10. The minimum absolute atomic E-state index is 0.0500. The number of carbonyl (C=O) groups excluding carboxylic acids is 1. The molecule has 2 aromatic rings. The molecule has 1 saturated heterocycles. The zero-order valence-corrected chi connectivity index (χ0v) is 16.9. The Morgan fingerprint density at radius 2 is 1.93 bits per heavy atom. The van der Waals surface area contributed by atoms with E-state index in [9.17, 15) is 9.18 Å². The van der Waals surface area contributed by atoms with Gasteiger partial charge in [-0.3, -0.25) is 4.79 Å². The molecular formula is C24H29FN2O. The summed E-state index contributed by atoms with van der Waals surface area (Å²) >= 11 is 0. The van der Waals surface area contributed by atoms with Crippen LogP contribution in [0.5, 0.6) is 0 Å². The van der Waals surface area contributed by atoms with E-state index in [1.807, 2.05) is 18.2 Å². The monoisotopic (exact) mass is 380 g/mol. The fourth-order valence-corrected chi connectivity index (χ4v) is 4.52. The van der Waals surface area contributed by atoms with Crippen molar-refractivity contribution in [1.29, 1.82) is 0 Å². The van der Waals surface area contributed by atoms with Crippen LogP contribution < -0.4 is 0 Å². The summed E-state index contributed by atoms with van der Waals surface area (Å²) < 4.78 is 14.8. The molecule has 148 valence electrons. The summed E-state index contributed by atoms with van der Waals surface area (Å²) in [5.41, 5.74) is 4.97. The third kappa shape index (κ3) is 3.97. The maximum Gasteiger partial charge on any atom is 0.219 e. The van der Waals surface area contributed by atoms with Gasteiger partial charge in [0.1, 0.15) is 5.82 Å². The minimum Gasteiger partial charge on any atom is -0.338 e. The van der Waals surface area contributed by atoms with E-state index in [4.69, 9.17) is 0 Å². The number of hydrogen-bond donors (Lipinski definition) is 0. The molecular weight excluding hydrogens is 351 g/mol. The van der Waals surface area contributed by atoms with E-state index in [1.165, 1.54) is 24.9 Å². The van der Waals surface area contributed by atoms with Gasteiger partial charge >= 0.3 is 0 Å². The van der Waals surface area contributed by atoms with E-state index in [0.717, 1.165) is 36.1 Å². The number of hydrogen-bond acceptors (Lipinski definition) is 2. The number of rotatable bonds is 4. The van der Waals surface area contributed by atoms with Gasteiger partial charge in [0.2, 0.25) is 5.91 Å². The molecule has 4 rings (SSSR count). The number of nitrogens with zero attached hydrogens (tertiary/aromatic N) is 2. The number of fused-ring (bicyclic) bond motifs is 1. The number of halogens is 1. The van der Waals surface area contributed by atoms with E-state index in [2.05, 4.69) is 24.0 Å². The molecule has 1 unspecified atom stereocenters. The molecule has 2 aromatic carbocycles. The number of benzene rings is 2. The highest BCUT2D eigenvalue weighted by Crippen LogP contribution is 2.29. The van der Waals surface area contributed by atoms with Crippen molar-refractivity contribution >= 4 is 5.91 Å². The van der Waals surface area contributed by atoms with Crippen molar-refractivity contribution in [3.05, 3.63) is 58.9 Å². The van der Waals surface area contributed by atoms with Gasteiger partial charge in [0.15, 0.2) is 0 Å². The van der Waals surface area contributed by atoms with Gasteiger partial charge in [-0.05, 0) is 73.5 Å². The molecule has 3 nitrogen and oxygen atoms in total. The summed E-state index contributed by atoms with van der Waals surface area (Å²) in [6.45, 7) is 7.41. The van der Waals surface area contributed by atoms with E-state index in [-0.39, 0.29) is 11.7 Å². The fourth-order valence-electron chi connectivity index (χ4n) is 4.52. The lowest BCUT2D eigenvalue weighted by Crippen LogP contribution is -2.34. The Balaban J connectivity index is 1.48. The molecule has 1 atom stereocenters. The van der Waals surface area contributed by atoms with Crippen molar-refractivity contribution in [2.75, 3.05) is 19.6 Å². The molecule has 0 spiro atoms. The van der Waals surface area contributed by atoms with Gasteiger partial charge < -0.3 is 9.80 Å². The lowest BCUT2D eigenvalue weighted by molar-refractivity contribution is -0.129. The highest BCUT2D eigenvalue weighted by Gasteiger charge is 2.21. The van der Waals surface area contributed by atoms with Crippen molar-refractivity contribution in [2.45, 2.75) is 52.1 Å². The lowest BCUT2D eigenvalue weighted by Gasteiger charge is -2.28. The van der Waals surface area contributed by atoms with Crippen LogP contribution in [0.3, 0.4) is 0 Å². The fraction of sp³-hybridized carbons (Fsp3) is 0.458. The van der Waals surface area contributed by atoms with Gasteiger partial charge in [-0.25, -0.2) is 4.39 Å². The minimum atomic E-state index is -0.206. The summed E-state index contributed by atoms with van der Waals surface area (Å²) in [5, 5.41) is 0. The molecule has 0 N–H and O–H groups in total. The van der Waals surface area contributed by atoms with Crippen LogP contribution >= 0.6 is 0 Å². The molecule has 0 aliphatic carbocycles. The van der Waals surface area contributed by atoms with Crippen molar-refractivity contribution in [3.63, 3.8) is 0 Å². The Labute approximate surface area is 167 Å². The Bertz CT molecular complexity index is 862. The number of amides is 1. The predicted octanol–water partition coefficient (Wildman–Crippen LogP) is 4.42. The zero-order chi connectivity index (χ0) is 19.7. The lowest BCUT2D eigenvalue weighted by atomic mass is 9.93. The number of likely N-dealkylation sites (tertiary alicyclic amines) is 1. The topological polar surface area (TPSA) is 23.6 Å². The standard InChI is InChI=1S/C24H29FN2O/c1-17-4-3-11-26(17)12-9-19-5-7-20(8-6-19)23-14-21-10-13-27(18(2)28)16-22(21)15-24(23)25/h5-8,14-15,17H,3-4,9-13,16H2,1-2H3. The van der Waals surface area contributed by atoms with Crippen molar-refractivity contribution in [1.82, 2.24) is 9.80 Å². The first-order chi connectivity index (χ1) is 13.5. The van der Waals surface area contributed by atoms with Gasteiger partial charge in [-0.15, -0.1) is 0 Å². The molecule has 2 aliphatic heterocycles. The van der Waals surface area contributed by atoms with E-state index < -0.39 is 0 Å². The SMILES string of the molecule is CC(=O)N1CCc2cc(-c3ccc(CCN4CCCC4C)cc3)c(F)cc2C1. The largest absolute Gasteiger partial charge is 0.338 e. The second-order valence-electron chi connectivity index (χ2n) is 8.27. The van der Waals surface area contributed by atoms with Crippen LogP contribution in [0, 0.1) is 5.82 Å². The smallest absolute Gasteiger partial charge is 0.219 e. The van der Waals surface area contributed by atoms with E-state index >= 15 is 0 Å². The molecule has 2 heterocycles. The van der Waals surface area contributed by atoms with Gasteiger partial charge in [-0.2, -0.15) is 0 Å². The summed E-state index contributed by atoms with van der Waals surface area (Å²) in [6.07, 6.45) is 4.44. The Kier molecular flexibility index (Phi) is 5.49. The van der Waals surface area contributed by atoms with Crippen LogP contribution in [-0.4, -0.2) is 41.4 Å². The Morgan fingerprint density at radius 3 is 2.61 bits per heavy atom. The second kappa shape index (κ2) is 8.04. The maximum absolute atomic E-state index is 14.8. The van der Waals surface area contributed by atoms with Crippen molar-refractivity contribution < 1.29 is 9.18 Å². The Morgan fingerprint density at radius 1 is 1.14 bits per heavy atom. The number of carbonyl (C=O) groups is 1. The molecule has 0 bridgehead atoms. The summed E-state index contributed by atoms with van der Waals surface area (Å²) in [7, 11) is 0. The molecule has 2 aliphatic rings. The van der Waals surface area contributed by atoms with Gasteiger partial charge in [0.25, 0.3) is 0 Å². The van der Waals surface area contributed by atoms with Crippen LogP contribution in [0.4, 0.5) is 4.39 Å². The quantitative estimate of drug-likeness (QED) is 0.784. The molecule has 0 radical (unpaired) electrons. The highest BCUT2D eigenvalue weighted by atomic mass is 19.1. The predicted molar refractivity (Wildman–Crippen MR) is 111 cm³/mol. The summed E-state index contributed by atoms with van der Waals surface area (Å²) in [5.74, 6) is -0.156. The molecule has 1 amide bonds. The van der Waals surface area contributed by atoms with Crippen LogP contribution in [0.25, 0.3) is 11.1 Å². The third-order valence-corrected chi connectivity index (χ3v) is 6.39. The molecule has 28 heavy (non-hydrogen) atoms. The first kappa shape index (κ1) is 19.1. The third-order valence-electron chi connectivity index (χ3n) is 6.39. The van der Waals surface area contributed by atoms with Gasteiger partial charge in [-0.1, -0.05) is 24.3 Å². The maximum atomic E-state index is 14.8. The normalized spacial score (nSPS) is 19.7. The molecule has 0 aromatic heterocycles. The van der Waals surface area contributed by atoms with Crippen molar-refractivity contribution in [2.24, 2.45) is 0 Å². The van der Waals surface area contributed by atoms with Crippen molar-refractivity contribution in [3.8, 4) is 11.1 Å². The Hall–Kier alpha value is -2.20. The van der Waals surface area contributed by atoms with Gasteiger partial charge in [0.05, 0.1) is 0 Å². The van der Waals surface area contributed by atoms with Gasteiger partial charge in [0, 0.05) is 38.2 Å². The van der Waals surface area contributed by atoms with E-state index in [1.54, 1.807) is 17.9 Å². The van der Waals surface area contributed by atoms with Crippen LogP contribution in [0.1, 0.15) is 43.4 Å². The van der Waals surface area contributed by atoms with Crippen LogP contribution in [0.15, 0.2) is 36.4 Å². The van der Waals surface area contributed by atoms with E-state index in [0.29, 0.717) is 24.7 Å². The summed E-state index contributed by atoms with van der Waals surface area (Å²) in [6, 6.07) is 12.6.